The van der Waals surface area contributed by atoms with Crippen molar-refractivity contribution in [2.75, 3.05) is 40.7 Å². The van der Waals surface area contributed by atoms with Gasteiger partial charge in [-0.3, -0.25) is 5.32 Å². The van der Waals surface area contributed by atoms with Crippen LogP contribution in [0.2, 0.25) is 0 Å². The molecule has 1 aromatic rings. The minimum absolute atomic E-state index is 0.0660. The Bertz CT molecular complexity index is 1530. The highest BCUT2D eigenvalue weighted by atomic mass is 19.1. The maximum atomic E-state index is 14.6. The van der Waals surface area contributed by atoms with Crippen LogP contribution in [0.15, 0.2) is 53.8 Å². The van der Waals surface area contributed by atoms with Crippen LogP contribution in [0.5, 0.6) is 0 Å². The van der Waals surface area contributed by atoms with Crippen LogP contribution in [0.25, 0.3) is 0 Å². The lowest BCUT2D eigenvalue weighted by Gasteiger charge is -2.61. The minimum Gasteiger partial charge on any atom is -0.373 e. The fourth-order valence-corrected chi connectivity index (χ4v) is 11.9. The van der Waals surface area contributed by atoms with Crippen molar-refractivity contribution in [1.82, 2.24) is 0 Å². The van der Waals surface area contributed by atoms with E-state index in [0.29, 0.717) is 24.7 Å². The van der Waals surface area contributed by atoms with Crippen LogP contribution in [-0.4, -0.2) is 64.4 Å². The van der Waals surface area contributed by atoms with E-state index in [2.05, 4.69) is 31.8 Å². The fraction of sp³-hybridized carbons (Fsp3) is 0.649. The molecule has 9 nitrogen and oxygen atoms in total. The second kappa shape index (κ2) is 11.1. The predicted octanol–water partition coefficient (Wildman–Crippen LogP) is 5.39. The van der Waals surface area contributed by atoms with Crippen LogP contribution in [0, 0.1) is 38.8 Å². The van der Waals surface area contributed by atoms with Crippen LogP contribution in [0.1, 0.15) is 64.4 Å². The minimum atomic E-state index is -0.888. The zero-order valence-corrected chi connectivity index (χ0v) is 27.8. The number of methoxy groups -OCH3 is 1. The summed E-state index contributed by atoms with van der Waals surface area (Å²) in [6, 6.07) is 5.14. The first-order chi connectivity index (χ1) is 22.7. The van der Waals surface area contributed by atoms with Gasteiger partial charge in [-0.2, -0.15) is 0 Å². The highest BCUT2D eigenvalue weighted by Crippen LogP contribution is 2.91. The van der Waals surface area contributed by atoms with Gasteiger partial charge in [0.15, 0.2) is 13.6 Å². The van der Waals surface area contributed by atoms with E-state index in [-0.39, 0.29) is 60.6 Å². The average Bonchev–Trinajstić information content (AvgIpc) is 3.29. The number of allylic oxidation sites excluding steroid dienone is 3. The first-order valence-electron chi connectivity index (χ1n) is 17.0. The number of halogens is 1. The SMILES string of the molecule is C=CCOCc1cc([NH2+]C2=C(C=N)CC3(C)C(=C2)CCC24CC32C(OCOC)CC2(C)C4CCC23OCOC32COCO2)ccc1F. The summed E-state index contributed by atoms with van der Waals surface area (Å²) in [7, 11) is 1.69. The molecule has 10 heteroatoms. The molecule has 6 fully saturated rings. The molecule has 4 saturated carbocycles. The summed E-state index contributed by atoms with van der Waals surface area (Å²) in [4.78, 5) is 0. The highest BCUT2D eigenvalue weighted by molar-refractivity contribution is 5.78. The van der Waals surface area contributed by atoms with Gasteiger partial charge in [-0.1, -0.05) is 25.5 Å². The topological polar surface area (TPSA) is 105 Å². The number of rotatable bonds is 10. The van der Waals surface area contributed by atoms with E-state index in [1.54, 1.807) is 19.3 Å². The zero-order valence-electron chi connectivity index (χ0n) is 27.8. The Kier molecular flexibility index (Phi) is 7.56. The predicted molar refractivity (Wildman–Crippen MR) is 170 cm³/mol. The Balaban J connectivity index is 1.14. The maximum absolute atomic E-state index is 14.6. The van der Waals surface area contributed by atoms with Gasteiger partial charge in [0.2, 0.25) is 5.79 Å². The van der Waals surface area contributed by atoms with Gasteiger partial charge in [0.05, 0.1) is 19.3 Å². The first kappa shape index (κ1) is 32.0. The number of benzene rings is 1. The Hall–Kier alpha value is -2.28. The summed E-state index contributed by atoms with van der Waals surface area (Å²) in [5, 5.41) is 10.7. The smallest absolute Gasteiger partial charge is 0.226 e. The van der Waals surface area contributed by atoms with Gasteiger partial charge in [-0.25, -0.2) is 4.39 Å². The van der Waals surface area contributed by atoms with Crippen molar-refractivity contribution in [3.8, 4) is 0 Å². The maximum Gasteiger partial charge on any atom is 0.226 e. The monoisotopic (exact) mass is 651 g/mol. The van der Waals surface area contributed by atoms with Crippen molar-refractivity contribution < 1.29 is 42.9 Å². The molecule has 0 aromatic heterocycles. The van der Waals surface area contributed by atoms with E-state index < -0.39 is 11.4 Å². The van der Waals surface area contributed by atoms with Gasteiger partial charge in [-0.05, 0) is 68.4 Å². The highest BCUT2D eigenvalue weighted by Gasteiger charge is 2.89. The lowest BCUT2D eigenvalue weighted by Crippen LogP contribution is -2.76. The lowest BCUT2D eigenvalue weighted by atomic mass is 9.45. The molecule has 2 saturated heterocycles. The lowest BCUT2D eigenvalue weighted by molar-refractivity contribution is -0.513. The standard InChI is InChI=1S/C37H47FN2O7/c1-5-12-42-18-24-13-27(6-7-28(24)38)40-29-14-26-8-10-34-19-35(34,32(26,2)15-25(29)17-39)31(44-21-41-4)16-33(3)30(34)9-11-36(33)37(47-23-45-36)20-43-22-46-37/h5-7,13-14,17,30-31,39-40H,1,8-12,15-16,18-23H2,2-4H3/p+1. The summed E-state index contributed by atoms with van der Waals surface area (Å²) >= 11 is 0. The zero-order chi connectivity index (χ0) is 32.7. The summed E-state index contributed by atoms with van der Waals surface area (Å²) in [6.07, 6.45) is 12.1. The largest absolute Gasteiger partial charge is 0.373 e. The summed E-state index contributed by atoms with van der Waals surface area (Å²) in [5.74, 6) is -0.757. The van der Waals surface area contributed by atoms with E-state index in [9.17, 15) is 4.39 Å². The molecule has 8 unspecified atom stereocenters. The molecule has 8 atom stereocenters. The van der Waals surface area contributed by atoms with Gasteiger partial charge in [0, 0.05) is 52.8 Å². The van der Waals surface area contributed by atoms with E-state index in [1.165, 1.54) is 17.9 Å². The molecule has 2 aliphatic heterocycles. The van der Waals surface area contributed by atoms with E-state index in [4.69, 9.17) is 38.6 Å². The number of hydrogen-bond donors (Lipinski definition) is 2. The number of ether oxygens (including phenoxy) is 7. The third-order valence-electron chi connectivity index (χ3n) is 13.8. The van der Waals surface area contributed by atoms with Gasteiger partial charge in [0.1, 0.15) is 36.2 Å². The quantitative estimate of drug-likeness (QED) is 0.115. The number of nitrogens with one attached hydrogen (secondary N) is 1. The number of nitrogens with two attached hydrogens (primary N) is 1. The van der Waals surface area contributed by atoms with Crippen LogP contribution in [0.4, 0.5) is 10.1 Å². The van der Waals surface area contributed by atoms with Crippen molar-refractivity contribution in [2.24, 2.45) is 27.6 Å². The molecule has 0 amide bonds. The molecule has 3 N–H and O–H groups in total. The second-order valence-electron chi connectivity index (χ2n) is 15.3. The summed E-state index contributed by atoms with van der Waals surface area (Å²) < 4.78 is 57.5. The molecule has 0 bridgehead atoms. The Labute approximate surface area is 276 Å². The Morgan fingerprint density at radius 3 is 2.79 bits per heavy atom. The second-order valence-corrected chi connectivity index (χ2v) is 15.3. The Morgan fingerprint density at radius 1 is 1.17 bits per heavy atom. The third-order valence-corrected chi connectivity index (χ3v) is 13.8. The van der Waals surface area contributed by atoms with Crippen molar-refractivity contribution in [1.29, 1.82) is 5.41 Å². The van der Waals surface area contributed by atoms with Crippen LogP contribution in [0.3, 0.4) is 0 Å². The molecule has 2 spiro atoms. The molecule has 7 aliphatic rings. The molecule has 8 rings (SSSR count). The molecule has 1 aromatic carbocycles. The van der Waals surface area contributed by atoms with Crippen LogP contribution < -0.4 is 5.32 Å². The van der Waals surface area contributed by atoms with Crippen molar-refractivity contribution >= 4 is 11.9 Å². The van der Waals surface area contributed by atoms with Crippen LogP contribution >= 0.6 is 0 Å². The number of fused-ring (bicyclic) bond motifs is 4. The Morgan fingerprint density at radius 2 is 2.02 bits per heavy atom. The van der Waals surface area contributed by atoms with E-state index in [1.807, 2.05) is 6.07 Å². The fourth-order valence-electron chi connectivity index (χ4n) is 11.9. The van der Waals surface area contributed by atoms with Gasteiger partial charge >= 0.3 is 0 Å². The molecule has 254 valence electrons. The van der Waals surface area contributed by atoms with Gasteiger partial charge in [-0.15, -0.1) is 6.58 Å². The summed E-state index contributed by atoms with van der Waals surface area (Å²) in [6.45, 7) is 10.1. The van der Waals surface area contributed by atoms with Crippen LogP contribution in [-0.2, 0) is 39.8 Å². The van der Waals surface area contributed by atoms with Gasteiger partial charge < -0.3 is 38.6 Å². The van der Waals surface area contributed by atoms with E-state index >= 15 is 0 Å². The molecule has 5 aliphatic carbocycles. The third kappa shape index (κ3) is 4.07. The summed E-state index contributed by atoms with van der Waals surface area (Å²) in [5.41, 5.74) is 3.80. The molecule has 47 heavy (non-hydrogen) atoms. The average molecular weight is 652 g/mol. The molecule has 0 radical (unpaired) electrons. The molecular weight excluding hydrogens is 603 g/mol. The number of quaternary nitrogens is 1. The van der Waals surface area contributed by atoms with Crippen molar-refractivity contribution in [3.05, 3.63) is 65.2 Å². The first-order valence-corrected chi connectivity index (χ1v) is 17.0. The normalized spacial score (nSPS) is 43.0. The molecule has 2 heterocycles. The van der Waals surface area contributed by atoms with Crippen molar-refractivity contribution in [3.63, 3.8) is 0 Å². The number of hydrogen-bond acceptors (Lipinski definition) is 8. The van der Waals surface area contributed by atoms with E-state index in [0.717, 1.165) is 61.9 Å². The van der Waals surface area contributed by atoms with Gasteiger partial charge in [0.25, 0.3) is 0 Å². The van der Waals surface area contributed by atoms with Crippen molar-refractivity contribution in [2.45, 2.75) is 82.9 Å². The molecular formula is C37H48FN2O7+.